The van der Waals surface area contributed by atoms with Crippen molar-refractivity contribution in [3.8, 4) is 6.07 Å². The Hall–Kier alpha value is -1.88. The van der Waals surface area contributed by atoms with Crippen LogP contribution < -0.4 is 0 Å². The second-order valence-corrected chi connectivity index (χ2v) is 4.41. The van der Waals surface area contributed by atoms with E-state index in [4.69, 9.17) is 5.26 Å². The van der Waals surface area contributed by atoms with E-state index < -0.39 is 0 Å². The quantitative estimate of drug-likeness (QED) is 0.774. The van der Waals surface area contributed by atoms with Crippen LogP contribution in [0.15, 0.2) is 30.3 Å². The standard InChI is InChI=1S/C15H15NO/c16-11-13-7-5-12(6-8-13)9-10-14-3-1-2-4-15(14)17/h5-10,14H,1-4H2. The van der Waals surface area contributed by atoms with E-state index >= 15 is 0 Å². The molecule has 0 spiro atoms. The molecule has 2 nitrogen and oxygen atoms in total. The summed E-state index contributed by atoms with van der Waals surface area (Å²) >= 11 is 0. The number of hydrogen-bond acceptors (Lipinski definition) is 2. The topological polar surface area (TPSA) is 40.9 Å². The Labute approximate surface area is 102 Å². The molecule has 1 unspecified atom stereocenters. The molecule has 0 heterocycles. The molecule has 86 valence electrons. The van der Waals surface area contributed by atoms with E-state index in [1.54, 1.807) is 12.1 Å². The predicted octanol–water partition coefficient (Wildman–Crippen LogP) is 3.33. The zero-order valence-corrected chi connectivity index (χ0v) is 9.73. The van der Waals surface area contributed by atoms with Crippen LogP contribution in [0.3, 0.4) is 0 Å². The Morgan fingerprint density at radius 1 is 1.24 bits per heavy atom. The van der Waals surface area contributed by atoms with Crippen LogP contribution in [0, 0.1) is 17.2 Å². The highest BCUT2D eigenvalue weighted by molar-refractivity contribution is 5.84. The SMILES string of the molecule is N#Cc1ccc(C=CC2CCCCC2=O)cc1. The Bertz CT molecular complexity index is 465. The van der Waals surface area contributed by atoms with Gasteiger partial charge in [0.15, 0.2) is 0 Å². The van der Waals surface area contributed by atoms with Gasteiger partial charge in [-0.2, -0.15) is 5.26 Å². The van der Waals surface area contributed by atoms with E-state index in [1.165, 1.54) is 0 Å². The van der Waals surface area contributed by atoms with Gasteiger partial charge in [0.1, 0.15) is 5.78 Å². The van der Waals surface area contributed by atoms with Gasteiger partial charge < -0.3 is 0 Å². The van der Waals surface area contributed by atoms with E-state index in [0.717, 1.165) is 31.2 Å². The molecule has 1 aromatic rings. The Morgan fingerprint density at radius 3 is 2.65 bits per heavy atom. The van der Waals surface area contributed by atoms with Crippen LogP contribution in [0.1, 0.15) is 36.8 Å². The molecule has 0 saturated heterocycles. The van der Waals surface area contributed by atoms with Gasteiger partial charge in [0.05, 0.1) is 11.6 Å². The summed E-state index contributed by atoms with van der Waals surface area (Å²) in [6.07, 6.45) is 7.88. The molecule has 1 aromatic carbocycles. The average molecular weight is 225 g/mol. The minimum atomic E-state index is 0.0967. The van der Waals surface area contributed by atoms with E-state index in [2.05, 4.69) is 6.07 Å². The maximum Gasteiger partial charge on any atom is 0.139 e. The van der Waals surface area contributed by atoms with Gasteiger partial charge in [0.25, 0.3) is 0 Å². The molecule has 17 heavy (non-hydrogen) atoms. The first kappa shape index (κ1) is 11.6. The Kier molecular flexibility index (Phi) is 3.72. The molecule has 0 amide bonds. The number of hydrogen-bond donors (Lipinski definition) is 0. The molecule has 0 aliphatic heterocycles. The van der Waals surface area contributed by atoms with Crippen molar-refractivity contribution in [1.29, 1.82) is 5.26 Å². The van der Waals surface area contributed by atoms with Gasteiger partial charge in [-0.3, -0.25) is 4.79 Å². The second kappa shape index (κ2) is 5.45. The monoisotopic (exact) mass is 225 g/mol. The smallest absolute Gasteiger partial charge is 0.139 e. The summed E-state index contributed by atoms with van der Waals surface area (Å²) in [5.74, 6) is 0.459. The number of carbonyl (C=O) groups is 1. The van der Waals surface area contributed by atoms with Gasteiger partial charge in [-0.15, -0.1) is 0 Å². The van der Waals surface area contributed by atoms with Gasteiger partial charge in [0, 0.05) is 12.3 Å². The van der Waals surface area contributed by atoms with Crippen molar-refractivity contribution < 1.29 is 4.79 Å². The number of ketones is 1. The molecule has 1 atom stereocenters. The lowest BCUT2D eigenvalue weighted by atomic mass is 9.87. The first-order valence-corrected chi connectivity index (χ1v) is 6.00. The molecule has 1 fully saturated rings. The molecule has 0 radical (unpaired) electrons. The summed E-state index contributed by atoms with van der Waals surface area (Å²) in [6, 6.07) is 9.49. The number of Topliss-reactive ketones (excluding diaryl/α,β-unsaturated/α-hetero) is 1. The number of allylic oxidation sites excluding steroid dienone is 1. The van der Waals surface area contributed by atoms with Crippen molar-refractivity contribution >= 4 is 11.9 Å². The van der Waals surface area contributed by atoms with Crippen LogP contribution in [0.5, 0.6) is 0 Å². The van der Waals surface area contributed by atoms with Crippen LogP contribution in [0.4, 0.5) is 0 Å². The summed E-state index contributed by atoms with van der Waals surface area (Å²) in [5.41, 5.74) is 1.71. The minimum absolute atomic E-state index is 0.0967. The zero-order valence-electron chi connectivity index (χ0n) is 9.73. The van der Waals surface area contributed by atoms with Crippen LogP contribution >= 0.6 is 0 Å². The minimum Gasteiger partial charge on any atom is -0.299 e. The normalized spacial score (nSPS) is 20.4. The van der Waals surface area contributed by atoms with Crippen LogP contribution in [0.2, 0.25) is 0 Å². The van der Waals surface area contributed by atoms with Gasteiger partial charge in [-0.1, -0.05) is 30.7 Å². The fraction of sp³-hybridized carbons (Fsp3) is 0.333. The Balaban J connectivity index is 2.04. The molecule has 2 heteroatoms. The summed E-state index contributed by atoms with van der Waals surface area (Å²) in [6.45, 7) is 0. The van der Waals surface area contributed by atoms with Crippen molar-refractivity contribution in [1.82, 2.24) is 0 Å². The number of nitriles is 1. The molecule has 2 rings (SSSR count). The van der Waals surface area contributed by atoms with Crippen molar-refractivity contribution in [2.75, 3.05) is 0 Å². The maximum atomic E-state index is 11.6. The van der Waals surface area contributed by atoms with E-state index in [9.17, 15) is 4.79 Å². The number of benzene rings is 1. The van der Waals surface area contributed by atoms with Crippen LogP contribution in [-0.4, -0.2) is 5.78 Å². The lowest BCUT2D eigenvalue weighted by Crippen LogP contribution is -2.16. The summed E-state index contributed by atoms with van der Waals surface area (Å²) < 4.78 is 0. The van der Waals surface area contributed by atoms with Gasteiger partial charge in [0.2, 0.25) is 0 Å². The largest absolute Gasteiger partial charge is 0.299 e. The highest BCUT2D eigenvalue weighted by atomic mass is 16.1. The predicted molar refractivity (Wildman–Crippen MR) is 67.2 cm³/mol. The number of rotatable bonds is 2. The van der Waals surface area contributed by atoms with Crippen LogP contribution in [-0.2, 0) is 4.79 Å². The van der Waals surface area contributed by atoms with Gasteiger partial charge >= 0.3 is 0 Å². The second-order valence-electron chi connectivity index (χ2n) is 4.41. The summed E-state index contributed by atoms with van der Waals surface area (Å²) in [7, 11) is 0. The molecule has 1 saturated carbocycles. The third-order valence-corrected chi connectivity index (χ3v) is 3.16. The summed E-state index contributed by atoms with van der Waals surface area (Å²) in [4.78, 5) is 11.6. The molecule has 0 aromatic heterocycles. The maximum absolute atomic E-state index is 11.6. The van der Waals surface area contributed by atoms with Gasteiger partial charge in [-0.25, -0.2) is 0 Å². The van der Waals surface area contributed by atoms with Crippen molar-refractivity contribution in [3.63, 3.8) is 0 Å². The first-order valence-electron chi connectivity index (χ1n) is 6.00. The highest BCUT2D eigenvalue weighted by Crippen LogP contribution is 2.22. The molecular formula is C15H15NO. The summed E-state index contributed by atoms with van der Waals surface area (Å²) in [5, 5.41) is 8.68. The zero-order chi connectivity index (χ0) is 12.1. The van der Waals surface area contributed by atoms with Crippen molar-refractivity contribution in [2.24, 2.45) is 5.92 Å². The molecular weight excluding hydrogens is 210 g/mol. The van der Waals surface area contributed by atoms with E-state index in [-0.39, 0.29) is 5.92 Å². The molecule has 0 N–H and O–H groups in total. The third-order valence-electron chi connectivity index (χ3n) is 3.16. The average Bonchev–Trinajstić information content (AvgIpc) is 2.38. The fourth-order valence-electron chi connectivity index (χ4n) is 2.11. The number of carbonyl (C=O) groups excluding carboxylic acids is 1. The fourth-order valence-corrected chi connectivity index (χ4v) is 2.11. The van der Waals surface area contributed by atoms with Crippen molar-refractivity contribution in [2.45, 2.75) is 25.7 Å². The highest BCUT2D eigenvalue weighted by Gasteiger charge is 2.18. The van der Waals surface area contributed by atoms with Crippen LogP contribution in [0.25, 0.3) is 6.08 Å². The Morgan fingerprint density at radius 2 is 2.00 bits per heavy atom. The molecule has 1 aliphatic carbocycles. The first-order chi connectivity index (χ1) is 8.29. The molecule has 1 aliphatic rings. The van der Waals surface area contributed by atoms with E-state index in [0.29, 0.717) is 11.3 Å². The van der Waals surface area contributed by atoms with E-state index in [1.807, 2.05) is 24.3 Å². The lowest BCUT2D eigenvalue weighted by Gasteiger charge is -2.16. The van der Waals surface area contributed by atoms with Gasteiger partial charge in [-0.05, 0) is 30.5 Å². The van der Waals surface area contributed by atoms with Crippen molar-refractivity contribution in [3.05, 3.63) is 41.5 Å². The number of nitrogens with zero attached hydrogens (tertiary/aromatic N) is 1. The third kappa shape index (κ3) is 3.04. The lowest BCUT2D eigenvalue weighted by molar-refractivity contribution is -0.122. The molecule has 0 bridgehead atoms.